The Hall–Kier alpha value is -2.14. The molecular weight excluding hydrogens is 286 g/mol. The van der Waals surface area contributed by atoms with E-state index in [-0.39, 0.29) is 6.04 Å². The zero-order valence-corrected chi connectivity index (χ0v) is 12.7. The van der Waals surface area contributed by atoms with Gasteiger partial charge < -0.3 is 0 Å². The second kappa shape index (κ2) is 5.69. The van der Waals surface area contributed by atoms with Gasteiger partial charge in [-0.25, -0.2) is 4.68 Å². The Labute approximate surface area is 128 Å². The molecule has 6 heteroatoms. The Morgan fingerprint density at radius 1 is 1.24 bits per heavy atom. The fraction of sp³-hybridized carbons (Fsp3) is 0.267. The van der Waals surface area contributed by atoms with Gasteiger partial charge >= 0.3 is 0 Å². The van der Waals surface area contributed by atoms with Crippen LogP contribution in [0.5, 0.6) is 0 Å². The molecule has 21 heavy (non-hydrogen) atoms. The number of aryl methyl sites for hydroxylation is 1. The van der Waals surface area contributed by atoms with Gasteiger partial charge in [-0.3, -0.25) is 4.68 Å². The second-order valence-corrected chi connectivity index (χ2v) is 5.27. The molecule has 0 bridgehead atoms. The van der Waals surface area contributed by atoms with Crippen LogP contribution in [0.1, 0.15) is 25.5 Å². The molecule has 0 unspecified atom stereocenters. The van der Waals surface area contributed by atoms with E-state index in [1.165, 1.54) is 0 Å². The van der Waals surface area contributed by atoms with E-state index in [4.69, 9.17) is 11.6 Å². The third kappa shape index (κ3) is 2.69. The highest BCUT2D eigenvalue weighted by Crippen LogP contribution is 2.26. The van der Waals surface area contributed by atoms with Crippen molar-refractivity contribution in [3.63, 3.8) is 0 Å². The number of hydrogen-bond donors (Lipinski definition) is 0. The molecule has 108 valence electrons. The summed E-state index contributed by atoms with van der Waals surface area (Å²) in [7, 11) is 0. The highest BCUT2D eigenvalue weighted by molar-refractivity contribution is 6.31. The van der Waals surface area contributed by atoms with Crippen LogP contribution < -0.4 is 0 Å². The predicted octanol–water partition coefficient (Wildman–Crippen LogP) is 3.42. The zero-order valence-electron chi connectivity index (χ0n) is 11.9. The number of halogens is 1. The van der Waals surface area contributed by atoms with Gasteiger partial charge in [0, 0.05) is 23.3 Å². The monoisotopic (exact) mass is 301 g/mol. The Morgan fingerprint density at radius 3 is 2.76 bits per heavy atom. The standard InChI is InChI=1S/C15H16ClN5/c1-3-20-9-12(8-17-20)15-10-21(19-18-15)11(2)13-6-4-5-7-14(13)16/h4-11H,3H2,1-2H3/t11-/m0/s1. The van der Waals surface area contributed by atoms with Crippen LogP contribution in [0.4, 0.5) is 0 Å². The molecule has 0 radical (unpaired) electrons. The van der Waals surface area contributed by atoms with E-state index in [0.717, 1.165) is 28.4 Å². The molecule has 0 aliphatic rings. The maximum atomic E-state index is 6.24. The lowest BCUT2D eigenvalue weighted by atomic mass is 10.1. The van der Waals surface area contributed by atoms with Gasteiger partial charge in [0.1, 0.15) is 5.69 Å². The van der Waals surface area contributed by atoms with Crippen LogP contribution >= 0.6 is 11.6 Å². The molecular formula is C15H16ClN5. The van der Waals surface area contributed by atoms with Crippen molar-refractivity contribution in [3.8, 4) is 11.3 Å². The summed E-state index contributed by atoms with van der Waals surface area (Å²) >= 11 is 6.24. The molecule has 1 atom stereocenters. The van der Waals surface area contributed by atoms with Crippen molar-refractivity contribution in [1.82, 2.24) is 24.8 Å². The minimum atomic E-state index is 0.0289. The van der Waals surface area contributed by atoms with E-state index in [1.54, 1.807) is 6.20 Å². The van der Waals surface area contributed by atoms with Crippen molar-refractivity contribution in [2.24, 2.45) is 0 Å². The molecule has 0 N–H and O–H groups in total. The van der Waals surface area contributed by atoms with E-state index in [9.17, 15) is 0 Å². The molecule has 1 aromatic carbocycles. The van der Waals surface area contributed by atoms with Crippen LogP contribution in [-0.2, 0) is 6.54 Å². The van der Waals surface area contributed by atoms with E-state index >= 15 is 0 Å². The molecule has 0 aliphatic heterocycles. The molecule has 2 heterocycles. The second-order valence-electron chi connectivity index (χ2n) is 4.87. The third-order valence-corrected chi connectivity index (χ3v) is 3.86. The lowest BCUT2D eigenvalue weighted by Gasteiger charge is -2.12. The summed E-state index contributed by atoms with van der Waals surface area (Å²) in [6, 6.07) is 7.81. The minimum Gasteiger partial charge on any atom is -0.272 e. The van der Waals surface area contributed by atoms with Crippen molar-refractivity contribution < 1.29 is 0 Å². The van der Waals surface area contributed by atoms with E-state index in [2.05, 4.69) is 22.3 Å². The van der Waals surface area contributed by atoms with Crippen LogP contribution in [0.25, 0.3) is 11.3 Å². The van der Waals surface area contributed by atoms with Crippen molar-refractivity contribution in [2.45, 2.75) is 26.4 Å². The Morgan fingerprint density at radius 2 is 2.05 bits per heavy atom. The van der Waals surface area contributed by atoms with Gasteiger partial charge in [0.05, 0.1) is 18.4 Å². The molecule has 5 nitrogen and oxygen atoms in total. The predicted molar refractivity (Wildman–Crippen MR) is 82.2 cm³/mol. The van der Waals surface area contributed by atoms with Gasteiger partial charge in [-0.2, -0.15) is 5.10 Å². The van der Waals surface area contributed by atoms with Gasteiger partial charge in [-0.1, -0.05) is 35.0 Å². The van der Waals surface area contributed by atoms with E-state index in [0.29, 0.717) is 0 Å². The lowest BCUT2D eigenvalue weighted by molar-refractivity contribution is 0.543. The Kier molecular flexibility index (Phi) is 3.75. The average molecular weight is 302 g/mol. The quantitative estimate of drug-likeness (QED) is 0.742. The molecule has 0 saturated heterocycles. The number of aromatic nitrogens is 5. The average Bonchev–Trinajstić information content (AvgIpc) is 3.15. The van der Waals surface area contributed by atoms with E-state index in [1.807, 2.05) is 52.9 Å². The molecule has 2 aromatic heterocycles. The summed E-state index contributed by atoms with van der Waals surface area (Å²) < 4.78 is 3.69. The van der Waals surface area contributed by atoms with Crippen LogP contribution in [0.15, 0.2) is 42.9 Å². The SMILES string of the molecule is CCn1cc(-c2cn([C@@H](C)c3ccccc3Cl)nn2)cn1. The summed E-state index contributed by atoms with van der Waals surface area (Å²) in [6.07, 6.45) is 5.69. The first-order valence-corrected chi connectivity index (χ1v) is 7.26. The van der Waals surface area contributed by atoms with Gasteiger partial charge in [0.15, 0.2) is 0 Å². The molecule has 0 saturated carbocycles. The molecule has 0 amide bonds. The molecule has 0 spiro atoms. The zero-order chi connectivity index (χ0) is 14.8. The van der Waals surface area contributed by atoms with Gasteiger partial charge in [0.25, 0.3) is 0 Å². The van der Waals surface area contributed by atoms with Crippen LogP contribution in [-0.4, -0.2) is 24.8 Å². The fourth-order valence-corrected chi connectivity index (χ4v) is 2.52. The Bertz CT molecular complexity index is 746. The largest absolute Gasteiger partial charge is 0.272 e. The third-order valence-electron chi connectivity index (χ3n) is 3.52. The first-order valence-electron chi connectivity index (χ1n) is 6.88. The number of hydrogen-bond acceptors (Lipinski definition) is 3. The lowest BCUT2D eigenvalue weighted by Crippen LogP contribution is -2.07. The number of nitrogens with zero attached hydrogens (tertiary/aromatic N) is 5. The summed E-state index contributed by atoms with van der Waals surface area (Å²) in [6.45, 7) is 4.94. The first-order chi connectivity index (χ1) is 10.2. The summed E-state index contributed by atoms with van der Waals surface area (Å²) in [5, 5.41) is 13.4. The van der Waals surface area contributed by atoms with Crippen molar-refractivity contribution in [1.29, 1.82) is 0 Å². The van der Waals surface area contributed by atoms with Crippen molar-refractivity contribution in [2.75, 3.05) is 0 Å². The summed E-state index contributed by atoms with van der Waals surface area (Å²) in [5.74, 6) is 0. The number of rotatable bonds is 4. The maximum absolute atomic E-state index is 6.24. The molecule has 3 rings (SSSR count). The summed E-state index contributed by atoms with van der Waals surface area (Å²) in [4.78, 5) is 0. The van der Waals surface area contributed by atoms with Gasteiger partial charge in [-0.05, 0) is 25.5 Å². The van der Waals surface area contributed by atoms with Crippen molar-refractivity contribution >= 4 is 11.6 Å². The van der Waals surface area contributed by atoms with Gasteiger partial charge in [0.2, 0.25) is 0 Å². The fourth-order valence-electron chi connectivity index (χ4n) is 2.22. The van der Waals surface area contributed by atoms with Crippen LogP contribution in [0.2, 0.25) is 5.02 Å². The Balaban J connectivity index is 1.89. The molecule has 0 aliphatic carbocycles. The first kappa shape index (κ1) is 13.8. The smallest absolute Gasteiger partial charge is 0.116 e. The summed E-state index contributed by atoms with van der Waals surface area (Å²) in [5.41, 5.74) is 2.81. The van der Waals surface area contributed by atoms with Crippen molar-refractivity contribution in [3.05, 3.63) is 53.4 Å². The van der Waals surface area contributed by atoms with Crippen LogP contribution in [0.3, 0.4) is 0 Å². The molecule has 3 aromatic rings. The normalized spacial score (nSPS) is 12.5. The van der Waals surface area contributed by atoms with E-state index < -0.39 is 0 Å². The van der Waals surface area contributed by atoms with Gasteiger partial charge in [-0.15, -0.1) is 5.10 Å². The highest BCUT2D eigenvalue weighted by atomic mass is 35.5. The maximum Gasteiger partial charge on any atom is 0.116 e. The van der Waals surface area contributed by atoms with Crippen LogP contribution in [0, 0.1) is 0 Å². The highest BCUT2D eigenvalue weighted by Gasteiger charge is 2.14. The number of benzene rings is 1. The molecule has 0 fully saturated rings. The minimum absolute atomic E-state index is 0.0289. The topological polar surface area (TPSA) is 48.5 Å².